The van der Waals surface area contributed by atoms with Gasteiger partial charge in [-0.2, -0.15) is 0 Å². The van der Waals surface area contributed by atoms with E-state index >= 15 is 0 Å². The third-order valence-corrected chi connectivity index (χ3v) is 6.27. The van der Waals surface area contributed by atoms with E-state index in [9.17, 15) is 13.6 Å². The van der Waals surface area contributed by atoms with Crippen molar-refractivity contribution in [1.82, 2.24) is 24.8 Å². The van der Waals surface area contributed by atoms with E-state index in [0.29, 0.717) is 54.0 Å². The number of rotatable bonds is 4. The first kappa shape index (κ1) is 23.7. The van der Waals surface area contributed by atoms with E-state index in [2.05, 4.69) is 15.0 Å². The van der Waals surface area contributed by atoms with Gasteiger partial charge in [-0.1, -0.05) is 17.7 Å². The van der Waals surface area contributed by atoms with Gasteiger partial charge in [0.1, 0.15) is 28.8 Å². The maximum absolute atomic E-state index is 14.7. The number of anilines is 1. The Hall–Kier alpha value is -3.98. The monoisotopic (exact) mass is 506 g/mol. The number of hydrogen-bond donors (Lipinski definition) is 0. The van der Waals surface area contributed by atoms with E-state index in [1.165, 1.54) is 18.3 Å². The Labute approximate surface area is 211 Å². The van der Waals surface area contributed by atoms with Crippen LogP contribution in [0.3, 0.4) is 0 Å². The van der Waals surface area contributed by atoms with Crippen LogP contribution >= 0.6 is 11.6 Å². The van der Waals surface area contributed by atoms with Crippen molar-refractivity contribution in [2.45, 2.75) is 6.92 Å². The number of benzene rings is 1. The summed E-state index contributed by atoms with van der Waals surface area (Å²) in [6, 6.07) is 10.4. The van der Waals surface area contributed by atoms with Gasteiger partial charge in [-0.25, -0.2) is 23.7 Å². The molecule has 1 amide bonds. The second-order valence-corrected chi connectivity index (χ2v) is 8.76. The van der Waals surface area contributed by atoms with E-state index in [4.69, 9.17) is 16.6 Å². The van der Waals surface area contributed by atoms with Crippen LogP contribution in [-0.4, -0.2) is 56.9 Å². The number of hydrogen-bond acceptors (Lipinski definition) is 6. The van der Waals surface area contributed by atoms with Gasteiger partial charge >= 0.3 is 0 Å². The molecule has 0 saturated carbocycles. The summed E-state index contributed by atoms with van der Waals surface area (Å²) in [6.07, 6.45) is 4.58. The summed E-state index contributed by atoms with van der Waals surface area (Å²) in [5, 5.41) is 0.328. The minimum absolute atomic E-state index is 0.111. The highest BCUT2D eigenvalue weighted by Crippen LogP contribution is 2.35. The summed E-state index contributed by atoms with van der Waals surface area (Å²) in [5.41, 5.74) is 2.44. The highest BCUT2D eigenvalue weighted by atomic mass is 35.5. The van der Waals surface area contributed by atoms with Crippen molar-refractivity contribution in [3.05, 3.63) is 89.1 Å². The van der Waals surface area contributed by atoms with Crippen molar-refractivity contribution in [3.63, 3.8) is 0 Å². The minimum Gasteiger partial charge on any atom is -0.352 e. The lowest BCUT2D eigenvalue weighted by molar-refractivity contribution is 0.0740. The summed E-state index contributed by atoms with van der Waals surface area (Å²) in [5.74, 6) is -0.987. The zero-order valence-electron chi connectivity index (χ0n) is 19.3. The van der Waals surface area contributed by atoms with Gasteiger partial charge < -0.3 is 9.80 Å². The van der Waals surface area contributed by atoms with E-state index in [1.54, 1.807) is 29.4 Å². The van der Waals surface area contributed by atoms with Crippen LogP contribution in [0.5, 0.6) is 0 Å². The molecule has 0 aliphatic carbocycles. The molecule has 5 rings (SSSR count). The standard InChI is InChI=1S/C26H21ClF2N6O/c1-16-3-2-4-22(32-16)26(36)35-11-9-34(10-12-35)23-15-31-24(19-6-5-17(28)13-21(19)29)25(33-23)18-7-8-30-14-20(18)27/h2-8,13-15H,9-12H2,1H3. The molecule has 0 radical (unpaired) electrons. The van der Waals surface area contributed by atoms with Crippen molar-refractivity contribution in [3.8, 4) is 22.5 Å². The number of pyridine rings is 2. The first-order chi connectivity index (χ1) is 17.4. The fourth-order valence-electron chi connectivity index (χ4n) is 4.13. The molecular weight excluding hydrogens is 486 g/mol. The summed E-state index contributed by atoms with van der Waals surface area (Å²) in [7, 11) is 0. The first-order valence-corrected chi connectivity index (χ1v) is 11.7. The fraction of sp³-hybridized carbons (Fsp3) is 0.192. The Kier molecular flexibility index (Phi) is 6.56. The molecule has 3 aromatic heterocycles. The Morgan fingerprint density at radius 3 is 2.47 bits per heavy atom. The molecule has 1 fully saturated rings. The number of aryl methyl sites for hydroxylation is 1. The summed E-state index contributed by atoms with van der Waals surface area (Å²) in [4.78, 5) is 34.3. The van der Waals surface area contributed by atoms with Gasteiger partial charge in [0.15, 0.2) is 0 Å². The van der Waals surface area contributed by atoms with Gasteiger partial charge in [0.05, 0.1) is 16.9 Å². The Morgan fingerprint density at radius 2 is 1.75 bits per heavy atom. The minimum atomic E-state index is -0.750. The molecule has 1 aliphatic rings. The van der Waals surface area contributed by atoms with Crippen LogP contribution in [0.1, 0.15) is 16.2 Å². The lowest BCUT2D eigenvalue weighted by atomic mass is 10.0. The van der Waals surface area contributed by atoms with Crippen molar-refractivity contribution in [2.24, 2.45) is 0 Å². The van der Waals surface area contributed by atoms with Crippen molar-refractivity contribution in [1.29, 1.82) is 0 Å². The third-order valence-electron chi connectivity index (χ3n) is 5.97. The Bertz CT molecular complexity index is 1440. The van der Waals surface area contributed by atoms with Gasteiger partial charge in [-0.3, -0.25) is 9.78 Å². The molecule has 0 unspecified atom stereocenters. The normalized spacial score (nSPS) is 13.7. The Balaban J connectivity index is 1.44. The average Bonchev–Trinajstić information content (AvgIpc) is 2.89. The molecule has 0 bridgehead atoms. The number of carbonyl (C=O) groups is 1. The van der Waals surface area contributed by atoms with Gasteiger partial charge in [0.25, 0.3) is 5.91 Å². The molecule has 36 heavy (non-hydrogen) atoms. The highest BCUT2D eigenvalue weighted by Gasteiger charge is 2.25. The summed E-state index contributed by atoms with van der Waals surface area (Å²) < 4.78 is 28.2. The quantitative estimate of drug-likeness (QED) is 0.396. The van der Waals surface area contributed by atoms with Crippen LogP contribution < -0.4 is 4.90 Å². The van der Waals surface area contributed by atoms with Crippen LogP contribution in [0.15, 0.2) is 61.1 Å². The lowest BCUT2D eigenvalue weighted by Gasteiger charge is -2.35. The second kappa shape index (κ2) is 9.94. The van der Waals surface area contributed by atoms with Gasteiger partial charge in [0, 0.05) is 61.5 Å². The molecule has 0 atom stereocenters. The Morgan fingerprint density at radius 1 is 0.944 bits per heavy atom. The summed E-state index contributed by atoms with van der Waals surface area (Å²) in [6.45, 7) is 3.87. The number of aromatic nitrogens is 4. The molecule has 182 valence electrons. The molecule has 4 heterocycles. The number of nitrogens with zero attached hydrogens (tertiary/aromatic N) is 6. The molecule has 4 aromatic rings. The lowest BCUT2D eigenvalue weighted by Crippen LogP contribution is -2.49. The number of carbonyl (C=O) groups excluding carboxylic acids is 1. The summed E-state index contributed by atoms with van der Waals surface area (Å²) >= 11 is 6.40. The molecule has 1 aliphatic heterocycles. The van der Waals surface area contributed by atoms with E-state index in [0.717, 1.165) is 11.8 Å². The molecule has 7 nitrogen and oxygen atoms in total. The molecule has 1 aromatic carbocycles. The molecular formula is C26H21ClF2N6O. The number of piperazine rings is 1. The van der Waals surface area contributed by atoms with Crippen LogP contribution in [0.25, 0.3) is 22.5 Å². The zero-order chi connectivity index (χ0) is 25.2. The van der Waals surface area contributed by atoms with E-state index in [-0.39, 0.29) is 17.2 Å². The average molecular weight is 507 g/mol. The predicted octanol–water partition coefficient (Wildman–Crippen LogP) is 4.80. The van der Waals surface area contributed by atoms with Gasteiger partial charge in [-0.15, -0.1) is 0 Å². The topological polar surface area (TPSA) is 75.1 Å². The smallest absolute Gasteiger partial charge is 0.272 e. The van der Waals surface area contributed by atoms with Crippen LogP contribution in [0.2, 0.25) is 5.02 Å². The largest absolute Gasteiger partial charge is 0.352 e. The zero-order valence-corrected chi connectivity index (χ0v) is 20.1. The molecule has 0 spiro atoms. The van der Waals surface area contributed by atoms with Gasteiger partial charge in [0.2, 0.25) is 0 Å². The highest BCUT2D eigenvalue weighted by molar-refractivity contribution is 6.33. The molecule has 0 N–H and O–H groups in total. The van der Waals surface area contributed by atoms with Gasteiger partial charge in [-0.05, 0) is 37.3 Å². The van der Waals surface area contributed by atoms with E-state index < -0.39 is 11.6 Å². The molecule has 10 heteroatoms. The SMILES string of the molecule is Cc1cccc(C(=O)N2CCN(c3cnc(-c4ccc(F)cc4F)c(-c4ccncc4Cl)n3)CC2)n1. The van der Waals surface area contributed by atoms with Crippen LogP contribution in [0, 0.1) is 18.6 Å². The van der Waals surface area contributed by atoms with Crippen molar-refractivity contribution < 1.29 is 13.6 Å². The third kappa shape index (κ3) is 4.74. The van der Waals surface area contributed by atoms with Crippen LogP contribution in [-0.2, 0) is 0 Å². The first-order valence-electron chi connectivity index (χ1n) is 11.3. The maximum Gasteiger partial charge on any atom is 0.272 e. The maximum atomic E-state index is 14.7. The fourth-order valence-corrected chi connectivity index (χ4v) is 4.34. The number of halogens is 3. The van der Waals surface area contributed by atoms with E-state index in [1.807, 2.05) is 24.0 Å². The van der Waals surface area contributed by atoms with Crippen molar-refractivity contribution >= 4 is 23.3 Å². The number of amides is 1. The molecule has 1 saturated heterocycles. The second-order valence-electron chi connectivity index (χ2n) is 8.35. The van der Waals surface area contributed by atoms with Crippen LogP contribution in [0.4, 0.5) is 14.6 Å². The van der Waals surface area contributed by atoms with Crippen molar-refractivity contribution in [2.75, 3.05) is 31.1 Å². The predicted molar refractivity (Wildman–Crippen MR) is 133 cm³/mol.